The van der Waals surface area contributed by atoms with Crippen molar-refractivity contribution in [3.8, 4) is 0 Å². The first-order chi connectivity index (χ1) is 9.95. The van der Waals surface area contributed by atoms with Gasteiger partial charge in [0.25, 0.3) is 0 Å². The first-order valence-corrected chi connectivity index (χ1v) is 7.68. The zero-order valence-electron chi connectivity index (χ0n) is 12.9. The molecule has 2 atom stereocenters. The van der Waals surface area contributed by atoms with Crippen LogP contribution in [0.3, 0.4) is 0 Å². The first kappa shape index (κ1) is 16.0. The molecule has 21 heavy (non-hydrogen) atoms. The lowest BCUT2D eigenvalue weighted by Gasteiger charge is -2.23. The van der Waals surface area contributed by atoms with Gasteiger partial charge >= 0.3 is 5.97 Å². The fourth-order valence-corrected chi connectivity index (χ4v) is 2.71. The van der Waals surface area contributed by atoms with Crippen LogP contribution in [-0.2, 0) is 17.8 Å². The summed E-state index contributed by atoms with van der Waals surface area (Å²) in [4.78, 5) is 17.8. The number of nitrogens with two attached hydrogens (primary N) is 1. The molecule has 118 valence electrons. The number of aryl methyl sites for hydroxylation is 1. The molecular formula is C15H26N4O2. The van der Waals surface area contributed by atoms with Gasteiger partial charge in [0, 0.05) is 38.3 Å². The zero-order chi connectivity index (χ0) is 15.4. The molecule has 0 amide bonds. The Balaban J connectivity index is 1.96. The zero-order valence-corrected chi connectivity index (χ0v) is 12.9. The third-order valence-corrected chi connectivity index (χ3v) is 4.04. The number of aliphatic carboxylic acids is 1. The monoisotopic (exact) mass is 294 g/mol. The summed E-state index contributed by atoms with van der Waals surface area (Å²) in [5.41, 5.74) is 6.71. The Bertz CT molecular complexity index is 472. The van der Waals surface area contributed by atoms with Crippen LogP contribution in [0.25, 0.3) is 0 Å². The van der Waals surface area contributed by atoms with E-state index in [0.29, 0.717) is 18.9 Å². The molecule has 1 fully saturated rings. The highest BCUT2D eigenvalue weighted by atomic mass is 16.4. The second-order valence-electron chi connectivity index (χ2n) is 6.39. The number of nitrogens with zero attached hydrogens (tertiary/aromatic N) is 3. The standard InChI is InChI=1S/C15H26N4O2/c1-11(2)3-5-18-9-13(17-10-18)7-14(15(20)21)19-6-4-12(16)8-19/h9-12,14H,3-8,16H2,1-2H3,(H,20,21). The number of carbonyl (C=O) groups is 1. The van der Waals surface area contributed by atoms with Crippen LogP contribution in [0.4, 0.5) is 0 Å². The second-order valence-corrected chi connectivity index (χ2v) is 6.39. The molecule has 2 unspecified atom stereocenters. The minimum atomic E-state index is -0.791. The van der Waals surface area contributed by atoms with Gasteiger partial charge in [-0.2, -0.15) is 0 Å². The molecule has 0 bridgehead atoms. The Morgan fingerprint density at radius 1 is 1.57 bits per heavy atom. The van der Waals surface area contributed by atoms with Gasteiger partial charge in [0.1, 0.15) is 6.04 Å². The Labute approximate surface area is 125 Å². The van der Waals surface area contributed by atoms with E-state index in [9.17, 15) is 9.90 Å². The molecule has 6 nitrogen and oxygen atoms in total. The van der Waals surface area contributed by atoms with Gasteiger partial charge in [-0.05, 0) is 18.8 Å². The highest BCUT2D eigenvalue weighted by Crippen LogP contribution is 2.15. The fourth-order valence-electron chi connectivity index (χ4n) is 2.71. The molecule has 2 heterocycles. The lowest BCUT2D eigenvalue weighted by Crippen LogP contribution is -2.42. The van der Waals surface area contributed by atoms with Crippen LogP contribution < -0.4 is 5.73 Å². The second kappa shape index (κ2) is 7.04. The van der Waals surface area contributed by atoms with E-state index in [1.165, 1.54) is 0 Å². The van der Waals surface area contributed by atoms with E-state index in [2.05, 4.69) is 18.8 Å². The molecule has 0 saturated carbocycles. The van der Waals surface area contributed by atoms with Gasteiger partial charge in [-0.25, -0.2) is 4.98 Å². The molecule has 0 spiro atoms. The molecule has 1 aromatic rings. The van der Waals surface area contributed by atoms with Gasteiger partial charge in [0.15, 0.2) is 0 Å². The van der Waals surface area contributed by atoms with E-state index < -0.39 is 12.0 Å². The number of aromatic nitrogens is 2. The van der Waals surface area contributed by atoms with Crippen molar-refractivity contribution < 1.29 is 9.90 Å². The van der Waals surface area contributed by atoms with E-state index >= 15 is 0 Å². The van der Waals surface area contributed by atoms with Crippen LogP contribution in [0.5, 0.6) is 0 Å². The molecule has 0 radical (unpaired) electrons. The topological polar surface area (TPSA) is 84.4 Å². The van der Waals surface area contributed by atoms with E-state index in [-0.39, 0.29) is 6.04 Å². The van der Waals surface area contributed by atoms with Crippen molar-refractivity contribution in [1.82, 2.24) is 14.5 Å². The highest BCUT2D eigenvalue weighted by Gasteiger charge is 2.31. The number of carboxylic acids is 1. The van der Waals surface area contributed by atoms with Crippen LogP contribution >= 0.6 is 0 Å². The largest absolute Gasteiger partial charge is 0.480 e. The third-order valence-electron chi connectivity index (χ3n) is 4.04. The summed E-state index contributed by atoms with van der Waals surface area (Å²) in [7, 11) is 0. The van der Waals surface area contributed by atoms with E-state index in [0.717, 1.165) is 31.6 Å². The fraction of sp³-hybridized carbons (Fsp3) is 0.733. The molecule has 3 N–H and O–H groups in total. The number of imidazole rings is 1. The highest BCUT2D eigenvalue weighted by molar-refractivity contribution is 5.73. The molecule has 0 aliphatic carbocycles. The lowest BCUT2D eigenvalue weighted by atomic mass is 10.1. The van der Waals surface area contributed by atoms with Gasteiger partial charge in [-0.1, -0.05) is 13.8 Å². The molecule has 2 rings (SSSR count). The van der Waals surface area contributed by atoms with Crippen molar-refractivity contribution in [2.45, 2.75) is 51.7 Å². The van der Waals surface area contributed by atoms with Crippen LogP contribution in [0.15, 0.2) is 12.5 Å². The van der Waals surface area contributed by atoms with E-state index in [1.54, 1.807) is 6.33 Å². The maximum atomic E-state index is 11.5. The predicted octanol–water partition coefficient (Wildman–Crippen LogP) is 0.958. The summed E-state index contributed by atoms with van der Waals surface area (Å²) >= 11 is 0. The smallest absolute Gasteiger partial charge is 0.321 e. The van der Waals surface area contributed by atoms with Crippen molar-refractivity contribution in [2.75, 3.05) is 13.1 Å². The molecule has 0 aromatic carbocycles. The quantitative estimate of drug-likeness (QED) is 0.782. The number of hydrogen-bond donors (Lipinski definition) is 2. The molecular weight excluding hydrogens is 268 g/mol. The lowest BCUT2D eigenvalue weighted by molar-refractivity contribution is -0.142. The van der Waals surface area contributed by atoms with Gasteiger partial charge in [0.2, 0.25) is 0 Å². The third kappa shape index (κ3) is 4.54. The average molecular weight is 294 g/mol. The van der Waals surface area contributed by atoms with Crippen molar-refractivity contribution >= 4 is 5.97 Å². The van der Waals surface area contributed by atoms with Crippen molar-refractivity contribution in [3.05, 3.63) is 18.2 Å². The summed E-state index contributed by atoms with van der Waals surface area (Å²) in [5.74, 6) is -0.144. The van der Waals surface area contributed by atoms with E-state index in [1.807, 2.05) is 15.7 Å². The predicted molar refractivity (Wildman–Crippen MR) is 81.0 cm³/mol. The Morgan fingerprint density at radius 3 is 2.90 bits per heavy atom. The normalized spacial score (nSPS) is 21.0. The van der Waals surface area contributed by atoms with Crippen molar-refractivity contribution in [3.63, 3.8) is 0 Å². The Hall–Kier alpha value is -1.40. The summed E-state index contributed by atoms with van der Waals surface area (Å²) in [6, 6.07) is -0.428. The summed E-state index contributed by atoms with van der Waals surface area (Å²) < 4.78 is 2.05. The summed E-state index contributed by atoms with van der Waals surface area (Å²) in [6.45, 7) is 6.72. The maximum absolute atomic E-state index is 11.5. The van der Waals surface area contributed by atoms with Crippen molar-refractivity contribution in [2.24, 2.45) is 11.7 Å². The number of likely N-dealkylation sites (tertiary alicyclic amines) is 1. The number of rotatable bonds is 7. The SMILES string of the molecule is CC(C)CCn1cnc(CC(C(=O)O)N2CCC(N)C2)c1. The van der Waals surface area contributed by atoms with Crippen molar-refractivity contribution in [1.29, 1.82) is 0 Å². The molecule has 1 aliphatic heterocycles. The molecule has 1 aliphatic rings. The van der Waals surface area contributed by atoms with Crippen LogP contribution in [0.1, 0.15) is 32.4 Å². The van der Waals surface area contributed by atoms with Gasteiger partial charge in [-0.15, -0.1) is 0 Å². The van der Waals surface area contributed by atoms with Crippen LogP contribution in [0, 0.1) is 5.92 Å². The molecule has 1 saturated heterocycles. The maximum Gasteiger partial charge on any atom is 0.321 e. The van der Waals surface area contributed by atoms with Gasteiger partial charge < -0.3 is 15.4 Å². The average Bonchev–Trinajstić information content (AvgIpc) is 3.02. The number of carboxylic acid groups (broad SMARTS) is 1. The van der Waals surface area contributed by atoms with Crippen LogP contribution in [0.2, 0.25) is 0 Å². The van der Waals surface area contributed by atoms with E-state index in [4.69, 9.17) is 5.73 Å². The summed E-state index contributed by atoms with van der Waals surface area (Å²) in [6.07, 6.45) is 6.17. The van der Waals surface area contributed by atoms with Gasteiger partial charge in [-0.3, -0.25) is 9.69 Å². The summed E-state index contributed by atoms with van der Waals surface area (Å²) in [5, 5.41) is 9.45. The molecule has 1 aromatic heterocycles. The first-order valence-electron chi connectivity index (χ1n) is 7.68. The van der Waals surface area contributed by atoms with Crippen LogP contribution in [-0.4, -0.2) is 50.7 Å². The minimum Gasteiger partial charge on any atom is -0.480 e. The number of hydrogen-bond acceptors (Lipinski definition) is 4. The Morgan fingerprint density at radius 2 is 2.33 bits per heavy atom. The minimum absolute atomic E-state index is 0.0930. The molecule has 6 heteroatoms. The van der Waals surface area contributed by atoms with Gasteiger partial charge in [0.05, 0.1) is 12.0 Å². The Kier molecular flexibility index (Phi) is 5.36.